The molecule has 132 valence electrons. The van der Waals surface area contributed by atoms with Crippen LogP contribution >= 0.6 is 0 Å². The second kappa shape index (κ2) is 7.21. The molecule has 1 N–H and O–H groups in total. The highest BCUT2D eigenvalue weighted by Gasteiger charge is 2.45. The maximum absolute atomic E-state index is 11.9. The summed E-state index contributed by atoms with van der Waals surface area (Å²) in [7, 11) is 0. The summed E-state index contributed by atoms with van der Waals surface area (Å²) >= 11 is 0. The number of hydrogen-bond donors (Lipinski definition) is 1. The van der Waals surface area contributed by atoms with E-state index >= 15 is 0 Å². The van der Waals surface area contributed by atoms with Crippen LogP contribution in [0.1, 0.15) is 32.8 Å². The fourth-order valence-electron chi connectivity index (χ4n) is 3.64. The number of carbonyl (C=O) groups excluding carboxylic acids is 1. The topological polar surface area (TPSA) is 50.8 Å². The van der Waals surface area contributed by atoms with Crippen molar-refractivity contribution in [2.24, 2.45) is 0 Å². The summed E-state index contributed by atoms with van der Waals surface area (Å²) in [6.45, 7) is 8.51. The fourth-order valence-corrected chi connectivity index (χ4v) is 3.64. The molecule has 24 heavy (non-hydrogen) atoms. The van der Waals surface area contributed by atoms with E-state index in [1.54, 1.807) is 0 Å². The van der Waals surface area contributed by atoms with Crippen LogP contribution in [0.2, 0.25) is 0 Å². The zero-order valence-corrected chi connectivity index (χ0v) is 14.8. The van der Waals surface area contributed by atoms with Gasteiger partial charge in [-0.05, 0) is 32.8 Å². The van der Waals surface area contributed by atoms with Gasteiger partial charge in [-0.25, -0.2) is 0 Å². The molecule has 0 radical (unpaired) electrons. The van der Waals surface area contributed by atoms with E-state index < -0.39 is 5.60 Å². The molecular formula is C19H28N2O3. The smallest absolute Gasteiger partial charge is 0.320 e. The maximum atomic E-state index is 11.9. The van der Waals surface area contributed by atoms with Crippen molar-refractivity contribution >= 4 is 5.97 Å². The Kier molecular flexibility index (Phi) is 5.23. The molecule has 2 fully saturated rings. The number of carbonyl (C=O) groups is 1. The molecule has 0 saturated carbocycles. The number of likely N-dealkylation sites (tertiary alicyclic amines) is 1. The third-order valence-electron chi connectivity index (χ3n) is 4.56. The lowest BCUT2D eigenvalue weighted by Crippen LogP contribution is -2.44. The number of benzene rings is 1. The standard InChI is InChI=1S/C19H28N2O3/c1-19(2,3)24-17(22)11-20-15-13-21(16-9-10-23-18(15)16)12-14-7-5-4-6-8-14/h4-8,15-16,18,20H,9-13H2,1-3H3/t15-,16?,18?/m0/s1. The summed E-state index contributed by atoms with van der Waals surface area (Å²) in [4.78, 5) is 14.4. The summed E-state index contributed by atoms with van der Waals surface area (Å²) in [5.74, 6) is -0.210. The monoisotopic (exact) mass is 332 g/mol. The highest BCUT2D eigenvalue weighted by Crippen LogP contribution is 2.30. The summed E-state index contributed by atoms with van der Waals surface area (Å²) in [5, 5.41) is 3.35. The lowest BCUT2D eigenvalue weighted by Gasteiger charge is -2.22. The van der Waals surface area contributed by atoms with Crippen LogP contribution in [-0.2, 0) is 20.8 Å². The van der Waals surface area contributed by atoms with Crippen molar-refractivity contribution < 1.29 is 14.3 Å². The van der Waals surface area contributed by atoms with Crippen molar-refractivity contribution in [2.75, 3.05) is 19.7 Å². The van der Waals surface area contributed by atoms with Gasteiger partial charge in [0.2, 0.25) is 0 Å². The molecule has 5 nitrogen and oxygen atoms in total. The summed E-state index contributed by atoms with van der Waals surface area (Å²) in [6, 6.07) is 11.1. The number of nitrogens with zero attached hydrogens (tertiary/aromatic N) is 1. The number of rotatable bonds is 5. The van der Waals surface area contributed by atoms with Crippen LogP contribution in [0.4, 0.5) is 0 Å². The molecular weight excluding hydrogens is 304 g/mol. The Morgan fingerprint density at radius 1 is 1.33 bits per heavy atom. The van der Waals surface area contributed by atoms with E-state index in [4.69, 9.17) is 9.47 Å². The van der Waals surface area contributed by atoms with E-state index in [2.05, 4.69) is 34.5 Å². The second-order valence-corrected chi connectivity index (χ2v) is 7.68. The minimum absolute atomic E-state index is 0.163. The van der Waals surface area contributed by atoms with Crippen molar-refractivity contribution in [3.63, 3.8) is 0 Å². The van der Waals surface area contributed by atoms with Gasteiger partial charge < -0.3 is 14.8 Å². The molecule has 2 aliphatic heterocycles. The van der Waals surface area contributed by atoms with Gasteiger partial charge in [-0.15, -0.1) is 0 Å². The first-order valence-electron chi connectivity index (χ1n) is 8.77. The highest BCUT2D eigenvalue weighted by molar-refractivity contribution is 5.72. The van der Waals surface area contributed by atoms with Gasteiger partial charge in [-0.3, -0.25) is 9.69 Å². The predicted octanol–water partition coefficient (Wildman–Crippen LogP) is 1.96. The molecule has 2 saturated heterocycles. The van der Waals surface area contributed by atoms with Gasteiger partial charge in [0.25, 0.3) is 0 Å². The predicted molar refractivity (Wildman–Crippen MR) is 92.6 cm³/mol. The van der Waals surface area contributed by atoms with Crippen LogP contribution < -0.4 is 5.32 Å². The van der Waals surface area contributed by atoms with Crippen LogP contribution in [-0.4, -0.2) is 54.4 Å². The molecule has 2 heterocycles. The average molecular weight is 332 g/mol. The first-order valence-corrected chi connectivity index (χ1v) is 8.77. The Hall–Kier alpha value is -1.43. The third-order valence-corrected chi connectivity index (χ3v) is 4.56. The van der Waals surface area contributed by atoms with E-state index in [-0.39, 0.29) is 24.7 Å². The van der Waals surface area contributed by atoms with E-state index in [1.807, 2.05) is 26.8 Å². The Labute approximate surface area is 144 Å². The van der Waals surface area contributed by atoms with Gasteiger partial charge in [0.05, 0.1) is 12.6 Å². The van der Waals surface area contributed by atoms with Crippen LogP contribution in [0, 0.1) is 0 Å². The number of esters is 1. The molecule has 1 aromatic carbocycles. The average Bonchev–Trinajstić information content (AvgIpc) is 3.09. The van der Waals surface area contributed by atoms with Crippen molar-refractivity contribution in [2.45, 2.75) is 57.5 Å². The number of ether oxygens (including phenoxy) is 2. The largest absolute Gasteiger partial charge is 0.459 e. The first kappa shape index (κ1) is 17.4. The van der Waals surface area contributed by atoms with Gasteiger partial charge >= 0.3 is 5.97 Å². The van der Waals surface area contributed by atoms with Crippen LogP contribution in [0.5, 0.6) is 0 Å². The van der Waals surface area contributed by atoms with E-state index in [1.165, 1.54) is 5.56 Å². The molecule has 5 heteroatoms. The lowest BCUT2D eigenvalue weighted by atomic mass is 10.1. The van der Waals surface area contributed by atoms with Crippen molar-refractivity contribution in [1.29, 1.82) is 0 Å². The van der Waals surface area contributed by atoms with Gasteiger partial charge in [0, 0.05) is 31.8 Å². The highest BCUT2D eigenvalue weighted by atomic mass is 16.6. The third kappa shape index (κ3) is 4.35. The van der Waals surface area contributed by atoms with Gasteiger partial charge in [0.15, 0.2) is 0 Å². The molecule has 1 aromatic rings. The molecule has 0 amide bonds. The number of nitrogens with one attached hydrogen (secondary N) is 1. The van der Waals surface area contributed by atoms with Crippen LogP contribution in [0.25, 0.3) is 0 Å². The van der Waals surface area contributed by atoms with Crippen LogP contribution in [0.3, 0.4) is 0 Å². The van der Waals surface area contributed by atoms with E-state index in [9.17, 15) is 4.79 Å². The minimum atomic E-state index is -0.444. The molecule has 2 aliphatic rings. The van der Waals surface area contributed by atoms with Gasteiger partial charge in [-0.1, -0.05) is 30.3 Å². The van der Waals surface area contributed by atoms with Gasteiger partial charge in [0.1, 0.15) is 5.60 Å². The quantitative estimate of drug-likeness (QED) is 0.836. The molecule has 0 spiro atoms. The molecule has 0 aromatic heterocycles. The molecule has 3 atom stereocenters. The molecule has 2 unspecified atom stereocenters. The zero-order chi connectivity index (χ0) is 17.2. The zero-order valence-electron chi connectivity index (χ0n) is 14.8. The first-order chi connectivity index (χ1) is 11.4. The molecule has 0 aliphatic carbocycles. The maximum Gasteiger partial charge on any atom is 0.320 e. The lowest BCUT2D eigenvalue weighted by molar-refractivity contribution is -0.153. The summed E-state index contributed by atoms with van der Waals surface area (Å²) in [6.07, 6.45) is 1.22. The van der Waals surface area contributed by atoms with Crippen molar-refractivity contribution in [3.8, 4) is 0 Å². The Balaban J connectivity index is 1.56. The normalized spacial score (nSPS) is 27.2. The number of fused-ring (bicyclic) bond motifs is 1. The van der Waals surface area contributed by atoms with E-state index in [0.29, 0.717) is 6.04 Å². The Bertz CT molecular complexity index is 555. The summed E-state index contributed by atoms with van der Waals surface area (Å²) < 4.78 is 11.3. The van der Waals surface area contributed by atoms with Crippen molar-refractivity contribution in [1.82, 2.24) is 10.2 Å². The van der Waals surface area contributed by atoms with Gasteiger partial charge in [-0.2, -0.15) is 0 Å². The molecule has 0 bridgehead atoms. The second-order valence-electron chi connectivity index (χ2n) is 7.68. The summed E-state index contributed by atoms with van der Waals surface area (Å²) in [5.41, 5.74) is 0.871. The van der Waals surface area contributed by atoms with Crippen LogP contribution in [0.15, 0.2) is 30.3 Å². The Morgan fingerprint density at radius 2 is 2.08 bits per heavy atom. The SMILES string of the molecule is CC(C)(C)OC(=O)CN[C@H]1CN(Cc2ccccc2)C2CCOC21. The van der Waals surface area contributed by atoms with Crippen molar-refractivity contribution in [3.05, 3.63) is 35.9 Å². The molecule has 3 rings (SSSR count). The minimum Gasteiger partial charge on any atom is -0.459 e. The van der Waals surface area contributed by atoms with E-state index in [0.717, 1.165) is 26.1 Å². The fraction of sp³-hybridized carbons (Fsp3) is 0.632. The number of hydrogen-bond acceptors (Lipinski definition) is 5. The Morgan fingerprint density at radius 3 is 2.79 bits per heavy atom.